The number of hydrogen-bond donors (Lipinski definition) is 1. The van der Waals surface area contributed by atoms with E-state index in [1.165, 1.54) is 0 Å². The summed E-state index contributed by atoms with van der Waals surface area (Å²) in [5.41, 5.74) is 0.814. The maximum Gasteiger partial charge on any atom is 0.316 e. The molecule has 1 aliphatic rings. The minimum atomic E-state index is -0.366. The fraction of sp³-hybridized carbons (Fsp3) is 0.357. The maximum absolute atomic E-state index is 11.9. The normalized spacial score (nSPS) is 18.1. The molecule has 0 bridgehead atoms. The van der Waals surface area contributed by atoms with Crippen molar-refractivity contribution in [1.82, 2.24) is 15.5 Å². The number of nitrogens with zero attached hydrogens (tertiary/aromatic N) is 2. The van der Waals surface area contributed by atoms with Gasteiger partial charge in [0.15, 0.2) is 0 Å². The lowest BCUT2D eigenvalue weighted by molar-refractivity contribution is 0.0822. The highest BCUT2D eigenvalue weighted by Crippen LogP contribution is 2.15. The summed E-state index contributed by atoms with van der Waals surface area (Å²) in [6, 6.07) is 9.38. The largest absolute Gasteiger partial charge is 0.376 e. The molecule has 0 unspecified atom stereocenters. The summed E-state index contributed by atoms with van der Waals surface area (Å²) in [7, 11) is 0. The molecule has 1 saturated heterocycles. The molecule has 1 N–H and O–H groups in total. The molecule has 1 aromatic heterocycles. The third kappa shape index (κ3) is 2.85. The summed E-state index contributed by atoms with van der Waals surface area (Å²) in [6.07, 6.45) is 2.11. The van der Waals surface area contributed by atoms with Gasteiger partial charge in [-0.3, -0.25) is 4.79 Å². The number of nitrogens with one attached hydrogen (secondary N) is 1. The number of hydrogen-bond acceptors (Lipinski definition) is 5. The van der Waals surface area contributed by atoms with Crippen LogP contribution in [-0.2, 0) is 4.74 Å². The summed E-state index contributed by atoms with van der Waals surface area (Å²) in [5, 5.41) is 6.55. The van der Waals surface area contributed by atoms with Crippen LogP contribution in [0.3, 0.4) is 0 Å². The molecule has 1 aromatic carbocycles. The van der Waals surface area contributed by atoms with Crippen LogP contribution in [0.15, 0.2) is 34.9 Å². The van der Waals surface area contributed by atoms with Gasteiger partial charge in [0.25, 0.3) is 0 Å². The molecular weight excluding hydrogens is 258 g/mol. The lowest BCUT2D eigenvalue weighted by atomic mass is 10.2. The molecule has 0 radical (unpaired) electrons. The van der Waals surface area contributed by atoms with Crippen LogP contribution in [0.1, 0.15) is 23.5 Å². The number of carbonyl (C=O) groups is 1. The summed E-state index contributed by atoms with van der Waals surface area (Å²) < 4.78 is 10.4. The Morgan fingerprint density at radius 1 is 1.35 bits per heavy atom. The Morgan fingerprint density at radius 2 is 2.20 bits per heavy atom. The highest BCUT2D eigenvalue weighted by atomic mass is 16.5. The van der Waals surface area contributed by atoms with Crippen LogP contribution >= 0.6 is 0 Å². The van der Waals surface area contributed by atoms with Gasteiger partial charge in [-0.1, -0.05) is 35.5 Å². The molecule has 1 fully saturated rings. The fourth-order valence-corrected chi connectivity index (χ4v) is 2.11. The van der Waals surface area contributed by atoms with Gasteiger partial charge in [0.05, 0.1) is 6.10 Å². The first-order valence-corrected chi connectivity index (χ1v) is 6.62. The van der Waals surface area contributed by atoms with E-state index >= 15 is 0 Å². The van der Waals surface area contributed by atoms with E-state index in [0.29, 0.717) is 12.4 Å². The molecule has 6 heteroatoms. The van der Waals surface area contributed by atoms with Gasteiger partial charge in [0, 0.05) is 18.7 Å². The summed E-state index contributed by atoms with van der Waals surface area (Å²) >= 11 is 0. The molecule has 2 aromatic rings. The van der Waals surface area contributed by atoms with E-state index in [0.717, 1.165) is 25.0 Å². The van der Waals surface area contributed by atoms with E-state index < -0.39 is 0 Å². The van der Waals surface area contributed by atoms with Crippen LogP contribution in [0.4, 0.5) is 0 Å². The van der Waals surface area contributed by atoms with Crippen molar-refractivity contribution in [1.29, 1.82) is 0 Å². The highest BCUT2D eigenvalue weighted by Gasteiger charge is 2.20. The third-order valence-electron chi connectivity index (χ3n) is 3.17. The van der Waals surface area contributed by atoms with Gasteiger partial charge in [-0.2, -0.15) is 4.98 Å². The summed E-state index contributed by atoms with van der Waals surface area (Å²) in [5.74, 6) is 0.0184. The molecule has 0 saturated carbocycles. The van der Waals surface area contributed by atoms with Gasteiger partial charge in [-0.15, -0.1) is 0 Å². The molecule has 1 atom stereocenters. The Hall–Kier alpha value is -2.21. The van der Waals surface area contributed by atoms with E-state index in [-0.39, 0.29) is 17.9 Å². The SMILES string of the molecule is O=C(NC[C@H]1CCCO1)c1nc(-c2ccccc2)no1. The van der Waals surface area contributed by atoms with Crippen LogP contribution in [0.25, 0.3) is 11.4 Å². The topological polar surface area (TPSA) is 77.2 Å². The molecule has 20 heavy (non-hydrogen) atoms. The van der Waals surface area contributed by atoms with E-state index in [1.807, 2.05) is 30.3 Å². The predicted octanol–water partition coefficient (Wildman–Crippen LogP) is 1.65. The van der Waals surface area contributed by atoms with E-state index in [1.54, 1.807) is 0 Å². The molecule has 0 spiro atoms. The zero-order chi connectivity index (χ0) is 13.8. The first kappa shape index (κ1) is 12.8. The smallest absolute Gasteiger partial charge is 0.316 e. The van der Waals surface area contributed by atoms with Gasteiger partial charge >= 0.3 is 11.8 Å². The molecule has 1 aliphatic heterocycles. The standard InChI is InChI=1S/C14H15N3O3/c18-13(15-9-11-7-4-8-19-11)14-16-12(17-20-14)10-5-2-1-3-6-10/h1-3,5-6,11H,4,7-9H2,(H,15,18)/t11-/m1/s1. The Labute approximate surface area is 116 Å². The first-order chi connectivity index (χ1) is 9.83. The highest BCUT2D eigenvalue weighted by molar-refractivity contribution is 5.89. The van der Waals surface area contributed by atoms with Crippen LogP contribution in [-0.4, -0.2) is 35.3 Å². The number of ether oxygens (including phenoxy) is 1. The summed E-state index contributed by atoms with van der Waals surface area (Å²) in [6.45, 7) is 1.24. The first-order valence-electron chi connectivity index (χ1n) is 6.62. The van der Waals surface area contributed by atoms with Crippen LogP contribution in [0.2, 0.25) is 0 Å². The van der Waals surface area contributed by atoms with E-state index in [4.69, 9.17) is 9.26 Å². The Bertz CT molecular complexity index is 576. The lowest BCUT2D eigenvalue weighted by Crippen LogP contribution is -2.31. The zero-order valence-corrected chi connectivity index (χ0v) is 10.9. The number of benzene rings is 1. The quantitative estimate of drug-likeness (QED) is 0.916. The molecule has 104 valence electrons. The average molecular weight is 273 g/mol. The number of rotatable bonds is 4. The van der Waals surface area contributed by atoms with Crippen molar-refractivity contribution in [2.45, 2.75) is 18.9 Å². The fourth-order valence-electron chi connectivity index (χ4n) is 2.11. The lowest BCUT2D eigenvalue weighted by Gasteiger charge is -2.08. The van der Waals surface area contributed by atoms with E-state index in [9.17, 15) is 4.79 Å². The minimum absolute atomic E-state index is 0.0261. The van der Waals surface area contributed by atoms with Crippen LogP contribution in [0, 0.1) is 0 Å². The Kier molecular flexibility index (Phi) is 3.73. The van der Waals surface area contributed by atoms with Crippen molar-refractivity contribution in [3.8, 4) is 11.4 Å². The second-order valence-electron chi connectivity index (χ2n) is 4.63. The predicted molar refractivity (Wildman–Crippen MR) is 71.0 cm³/mol. The zero-order valence-electron chi connectivity index (χ0n) is 10.9. The summed E-state index contributed by atoms with van der Waals surface area (Å²) in [4.78, 5) is 16.0. The number of amides is 1. The molecule has 2 heterocycles. The Morgan fingerprint density at radius 3 is 2.95 bits per heavy atom. The maximum atomic E-state index is 11.9. The molecule has 3 rings (SSSR count). The van der Waals surface area contributed by atoms with Crippen LogP contribution in [0.5, 0.6) is 0 Å². The van der Waals surface area contributed by atoms with Gasteiger partial charge < -0.3 is 14.6 Å². The van der Waals surface area contributed by atoms with Crippen molar-refractivity contribution in [2.75, 3.05) is 13.2 Å². The Balaban J connectivity index is 1.62. The number of aromatic nitrogens is 2. The van der Waals surface area contributed by atoms with Crippen molar-refractivity contribution < 1.29 is 14.1 Å². The molecule has 6 nitrogen and oxygen atoms in total. The van der Waals surface area contributed by atoms with Gasteiger partial charge in [-0.05, 0) is 12.8 Å². The van der Waals surface area contributed by atoms with Crippen molar-refractivity contribution >= 4 is 5.91 Å². The molecular formula is C14H15N3O3. The van der Waals surface area contributed by atoms with Crippen LogP contribution < -0.4 is 5.32 Å². The van der Waals surface area contributed by atoms with E-state index in [2.05, 4.69) is 15.5 Å². The van der Waals surface area contributed by atoms with Crippen molar-refractivity contribution in [3.05, 3.63) is 36.2 Å². The number of carbonyl (C=O) groups excluding carboxylic acids is 1. The van der Waals surface area contributed by atoms with Gasteiger partial charge in [0.2, 0.25) is 5.82 Å². The van der Waals surface area contributed by atoms with Crippen molar-refractivity contribution in [3.63, 3.8) is 0 Å². The minimum Gasteiger partial charge on any atom is -0.376 e. The second-order valence-corrected chi connectivity index (χ2v) is 4.63. The average Bonchev–Trinajstić information content (AvgIpc) is 3.17. The van der Waals surface area contributed by atoms with Gasteiger partial charge in [0.1, 0.15) is 0 Å². The van der Waals surface area contributed by atoms with Gasteiger partial charge in [-0.25, -0.2) is 0 Å². The monoisotopic (exact) mass is 273 g/mol. The van der Waals surface area contributed by atoms with Crippen molar-refractivity contribution in [2.24, 2.45) is 0 Å². The molecule has 1 amide bonds. The third-order valence-corrected chi connectivity index (χ3v) is 3.17. The molecule has 0 aliphatic carbocycles. The second kappa shape index (κ2) is 5.83.